The molecule has 0 radical (unpaired) electrons. The van der Waals surface area contributed by atoms with E-state index in [0.29, 0.717) is 11.9 Å². The number of non-ortho nitro benzene ring substituents is 1. The molecule has 2 aromatic carbocycles. The van der Waals surface area contributed by atoms with E-state index < -0.39 is 4.92 Å². The maximum atomic E-state index is 13.2. The van der Waals surface area contributed by atoms with E-state index in [2.05, 4.69) is 0 Å². The van der Waals surface area contributed by atoms with Gasteiger partial charge in [-0.05, 0) is 29.8 Å². The molecule has 0 saturated heterocycles. The van der Waals surface area contributed by atoms with Crippen molar-refractivity contribution in [1.29, 1.82) is 0 Å². The highest BCUT2D eigenvalue weighted by atomic mass is 19.1. The average Bonchev–Trinajstić information content (AvgIpc) is 2.82. The zero-order valence-corrected chi connectivity index (χ0v) is 10.5. The van der Waals surface area contributed by atoms with E-state index in [4.69, 9.17) is 0 Å². The number of rotatable bonds is 3. The number of hydrogen-bond donors (Lipinski definition) is 0. The number of nitro groups is 1. The molecule has 0 spiro atoms. The summed E-state index contributed by atoms with van der Waals surface area (Å²) in [5.74, 6) is -0.287. The Bertz CT molecular complexity index is 795. The fourth-order valence-corrected chi connectivity index (χ4v) is 2.34. The Morgan fingerprint density at radius 3 is 2.70 bits per heavy atom. The van der Waals surface area contributed by atoms with E-state index in [1.165, 1.54) is 18.2 Å². The van der Waals surface area contributed by atoms with Crippen LogP contribution in [0.1, 0.15) is 5.56 Å². The highest BCUT2D eigenvalue weighted by molar-refractivity contribution is 5.89. The van der Waals surface area contributed by atoms with E-state index in [-0.39, 0.29) is 11.5 Å². The van der Waals surface area contributed by atoms with Gasteiger partial charge in [-0.25, -0.2) is 4.39 Å². The van der Waals surface area contributed by atoms with Crippen molar-refractivity contribution in [1.82, 2.24) is 4.57 Å². The zero-order chi connectivity index (χ0) is 14.1. The van der Waals surface area contributed by atoms with Crippen LogP contribution in [-0.4, -0.2) is 9.49 Å². The summed E-state index contributed by atoms with van der Waals surface area (Å²) in [7, 11) is 0. The second-order valence-corrected chi connectivity index (χ2v) is 4.54. The van der Waals surface area contributed by atoms with Gasteiger partial charge in [-0.1, -0.05) is 18.2 Å². The maximum Gasteiger partial charge on any atom is 0.278 e. The van der Waals surface area contributed by atoms with Gasteiger partial charge in [-0.15, -0.1) is 0 Å². The van der Waals surface area contributed by atoms with Crippen LogP contribution in [0.2, 0.25) is 0 Å². The molecule has 0 atom stereocenters. The molecule has 20 heavy (non-hydrogen) atoms. The van der Waals surface area contributed by atoms with Crippen LogP contribution in [0.4, 0.5) is 10.1 Å². The van der Waals surface area contributed by atoms with Gasteiger partial charge in [0.1, 0.15) is 5.82 Å². The van der Waals surface area contributed by atoms with Crippen molar-refractivity contribution < 1.29 is 9.31 Å². The quantitative estimate of drug-likeness (QED) is 0.537. The number of fused-ring (bicyclic) bond motifs is 1. The van der Waals surface area contributed by atoms with Gasteiger partial charge in [0.2, 0.25) is 0 Å². The Morgan fingerprint density at radius 2 is 1.95 bits per heavy atom. The molecule has 4 nitrogen and oxygen atoms in total. The van der Waals surface area contributed by atoms with Crippen LogP contribution in [0, 0.1) is 15.9 Å². The lowest BCUT2D eigenvalue weighted by atomic mass is 10.2. The van der Waals surface area contributed by atoms with Crippen LogP contribution in [-0.2, 0) is 6.54 Å². The Morgan fingerprint density at radius 1 is 1.15 bits per heavy atom. The molecule has 0 N–H and O–H groups in total. The Hall–Kier alpha value is -2.69. The zero-order valence-electron chi connectivity index (χ0n) is 10.5. The van der Waals surface area contributed by atoms with Crippen LogP contribution in [0.5, 0.6) is 0 Å². The minimum atomic E-state index is -0.394. The normalized spacial score (nSPS) is 10.8. The summed E-state index contributed by atoms with van der Waals surface area (Å²) in [6.45, 7) is 0.475. The SMILES string of the molecule is O=[N+]([O-])c1cccc2c1ccn2Cc1cccc(F)c1. The first-order chi connectivity index (χ1) is 9.65. The molecule has 1 aromatic heterocycles. The van der Waals surface area contributed by atoms with Crippen molar-refractivity contribution in [3.05, 3.63) is 76.2 Å². The topological polar surface area (TPSA) is 48.1 Å². The van der Waals surface area contributed by atoms with E-state index in [1.54, 1.807) is 24.4 Å². The van der Waals surface area contributed by atoms with Crippen LogP contribution in [0.3, 0.4) is 0 Å². The summed E-state index contributed by atoms with van der Waals surface area (Å²) in [5, 5.41) is 11.6. The summed E-state index contributed by atoms with van der Waals surface area (Å²) in [6, 6.07) is 13.0. The molecule has 0 aliphatic heterocycles. The van der Waals surface area contributed by atoms with Crippen molar-refractivity contribution >= 4 is 16.6 Å². The van der Waals surface area contributed by atoms with Gasteiger partial charge in [-0.2, -0.15) is 0 Å². The van der Waals surface area contributed by atoms with E-state index in [1.807, 2.05) is 16.7 Å². The molecule has 0 fully saturated rings. The third kappa shape index (κ3) is 2.14. The second kappa shape index (κ2) is 4.77. The summed E-state index contributed by atoms with van der Waals surface area (Å²) < 4.78 is 15.1. The third-order valence-corrected chi connectivity index (χ3v) is 3.23. The summed E-state index contributed by atoms with van der Waals surface area (Å²) >= 11 is 0. The molecule has 0 amide bonds. The van der Waals surface area contributed by atoms with E-state index in [9.17, 15) is 14.5 Å². The van der Waals surface area contributed by atoms with E-state index in [0.717, 1.165) is 11.1 Å². The lowest BCUT2D eigenvalue weighted by Gasteiger charge is -2.05. The minimum absolute atomic E-state index is 0.0838. The predicted molar refractivity (Wildman–Crippen MR) is 74.1 cm³/mol. The molecule has 0 unspecified atom stereocenters. The molecule has 0 bridgehead atoms. The maximum absolute atomic E-state index is 13.2. The molecule has 5 heteroatoms. The van der Waals surface area contributed by atoms with Gasteiger partial charge in [0.25, 0.3) is 5.69 Å². The number of hydrogen-bond acceptors (Lipinski definition) is 2. The first-order valence-electron chi connectivity index (χ1n) is 6.12. The summed E-state index contributed by atoms with van der Waals surface area (Å²) in [6.07, 6.45) is 1.78. The molecule has 100 valence electrons. The number of halogens is 1. The first kappa shape index (κ1) is 12.3. The number of nitro benzene ring substituents is 1. The molecule has 3 aromatic rings. The molecule has 3 rings (SSSR count). The van der Waals surface area contributed by atoms with Gasteiger partial charge >= 0.3 is 0 Å². The van der Waals surface area contributed by atoms with Gasteiger partial charge < -0.3 is 4.57 Å². The summed E-state index contributed by atoms with van der Waals surface area (Å²) in [4.78, 5) is 10.6. The number of nitrogens with zero attached hydrogens (tertiary/aromatic N) is 2. The van der Waals surface area contributed by atoms with Crippen LogP contribution < -0.4 is 0 Å². The van der Waals surface area contributed by atoms with Gasteiger partial charge in [0.15, 0.2) is 0 Å². The standard InChI is InChI=1S/C15H11FN2O2/c16-12-4-1-3-11(9-12)10-17-8-7-13-14(17)5-2-6-15(13)18(19)20/h1-9H,10H2. The average molecular weight is 270 g/mol. The summed E-state index contributed by atoms with van der Waals surface area (Å²) in [5.41, 5.74) is 1.66. The smallest absolute Gasteiger partial charge is 0.278 e. The third-order valence-electron chi connectivity index (χ3n) is 3.23. The largest absolute Gasteiger partial charge is 0.343 e. The Kier molecular flexibility index (Phi) is 2.95. The highest BCUT2D eigenvalue weighted by Gasteiger charge is 2.13. The van der Waals surface area contributed by atoms with Crippen LogP contribution in [0.15, 0.2) is 54.7 Å². The van der Waals surface area contributed by atoms with Gasteiger partial charge in [0, 0.05) is 18.8 Å². The lowest BCUT2D eigenvalue weighted by Crippen LogP contribution is -1.98. The molecular formula is C15H11FN2O2. The van der Waals surface area contributed by atoms with Gasteiger partial charge in [-0.3, -0.25) is 10.1 Å². The van der Waals surface area contributed by atoms with Crippen molar-refractivity contribution in [2.75, 3.05) is 0 Å². The molecule has 0 aliphatic carbocycles. The molecular weight excluding hydrogens is 259 g/mol. The predicted octanol–water partition coefficient (Wildman–Crippen LogP) is 3.74. The van der Waals surface area contributed by atoms with Crippen molar-refractivity contribution in [3.63, 3.8) is 0 Å². The monoisotopic (exact) mass is 270 g/mol. The van der Waals surface area contributed by atoms with Crippen LogP contribution >= 0.6 is 0 Å². The number of aromatic nitrogens is 1. The fraction of sp³-hybridized carbons (Fsp3) is 0.0667. The van der Waals surface area contributed by atoms with Crippen molar-refractivity contribution in [3.8, 4) is 0 Å². The molecule has 0 saturated carbocycles. The lowest BCUT2D eigenvalue weighted by molar-refractivity contribution is -0.383. The van der Waals surface area contributed by atoms with Crippen LogP contribution in [0.25, 0.3) is 10.9 Å². The van der Waals surface area contributed by atoms with Crippen molar-refractivity contribution in [2.45, 2.75) is 6.54 Å². The molecule has 1 heterocycles. The first-order valence-corrected chi connectivity index (χ1v) is 6.12. The molecule has 0 aliphatic rings. The highest BCUT2D eigenvalue weighted by Crippen LogP contribution is 2.26. The Labute approximate surface area is 114 Å². The van der Waals surface area contributed by atoms with E-state index >= 15 is 0 Å². The van der Waals surface area contributed by atoms with Gasteiger partial charge in [0.05, 0.1) is 15.8 Å². The minimum Gasteiger partial charge on any atom is -0.343 e. The fourth-order valence-electron chi connectivity index (χ4n) is 2.34. The van der Waals surface area contributed by atoms with Crippen molar-refractivity contribution in [2.24, 2.45) is 0 Å². The Balaban J connectivity index is 2.05. The number of benzene rings is 2. The second-order valence-electron chi connectivity index (χ2n) is 4.54.